The molecule has 8 heteroatoms. The van der Waals surface area contributed by atoms with Crippen molar-refractivity contribution in [1.82, 2.24) is 19.9 Å². The molecule has 0 atom stereocenters. The highest BCUT2D eigenvalue weighted by atomic mass is 32.2. The molecular formula is C14H18N4O3S. The first-order valence-corrected chi connectivity index (χ1v) is 9.03. The van der Waals surface area contributed by atoms with E-state index in [-0.39, 0.29) is 11.2 Å². The quantitative estimate of drug-likeness (QED) is 0.904. The molecule has 0 aromatic carbocycles. The summed E-state index contributed by atoms with van der Waals surface area (Å²) in [5.41, 5.74) is 0.439. The summed E-state index contributed by atoms with van der Waals surface area (Å²) in [6.07, 6.45) is 6.73. The molecule has 0 bridgehead atoms. The molecule has 1 fully saturated rings. The third-order valence-electron chi connectivity index (χ3n) is 3.85. The zero-order valence-electron chi connectivity index (χ0n) is 12.1. The van der Waals surface area contributed by atoms with Crippen LogP contribution in [0.2, 0.25) is 0 Å². The Labute approximate surface area is 128 Å². The van der Waals surface area contributed by atoms with E-state index in [4.69, 9.17) is 0 Å². The number of carbonyl (C=O) groups is 1. The summed E-state index contributed by atoms with van der Waals surface area (Å²) in [4.78, 5) is 12.0. The molecule has 1 saturated carbocycles. The highest BCUT2D eigenvalue weighted by Gasteiger charge is 2.26. The number of rotatable bonds is 4. The number of sulfone groups is 1. The van der Waals surface area contributed by atoms with E-state index in [9.17, 15) is 13.2 Å². The number of pyridine rings is 1. The van der Waals surface area contributed by atoms with Gasteiger partial charge in [0.15, 0.2) is 5.65 Å². The Morgan fingerprint density at radius 1 is 1.23 bits per heavy atom. The minimum absolute atomic E-state index is 0.0894. The molecule has 0 saturated heterocycles. The largest absolute Gasteiger partial charge is 0.352 e. The van der Waals surface area contributed by atoms with Gasteiger partial charge < -0.3 is 5.32 Å². The van der Waals surface area contributed by atoms with Crippen LogP contribution in [0.3, 0.4) is 0 Å². The Morgan fingerprint density at radius 2 is 2.00 bits per heavy atom. The van der Waals surface area contributed by atoms with E-state index < -0.39 is 21.5 Å². The van der Waals surface area contributed by atoms with Crippen LogP contribution in [-0.2, 0) is 14.6 Å². The molecule has 2 heterocycles. The predicted molar refractivity (Wildman–Crippen MR) is 80.1 cm³/mol. The summed E-state index contributed by atoms with van der Waals surface area (Å²) in [5.74, 6) is -1.07. The van der Waals surface area contributed by atoms with E-state index in [2.05, 4.69) is 15.5 Å². The van der Waals surface area contributed by atoms with Crippen LogP contribution in [0.15, 0.2) is 29.6 Å². The zero-order chi connectivity index (χ0) is 15.6. The summed E-state index contributed by atoms with van der Waals surface area (Å²) in [6, 6.07) is 5.19. The maximum atomic E-state index is 12.4. The van der Waals surface area contributed by atoms with Gasteiger partial charge in [0.05, 0.1) is 0 Å². The number of amides is 1. The first kappa shape index (κ1) is 15.0. The van der Waals surface area contributed by atoms with Crippen molar-refractivity contribution in [2.75, 3.05) is 5.75 Å². The van der Waals surface area contributed by atoms with Crippen molar-refractivity contribution in [3.63, 3.8) is 0 Å². The second kappa shape index (κ2) is 6.04. The van der Waals surface area contributed by atoms with Crippen LogP contribution in [0.5, 0.6) is 0 Å². The van der Waals surface area contributed by atoms with E-state index in [1.165, 1.54) is 10.8 Å². The average Bonchev–Trinajstić information content (AvgIpc) is 2.92. The molecule has 1 aliphatic rings. The van der Waals surface area contributed by atoms with Crippen LogP contribution in [-0.4, -0.2) is 40.7 Å². The van der Waals surface area contributed by atoms with Gasteiger partial charge in [-0.15, -0.1) is 10.2 Å². The Balaban J connectivity index is 1.74. The first-order valence-electron chi connectivity index (χ1n) is 7.38. The van der Waals surface area contributed by atoms with Crippen LogP contribution >= 0.6 is 0 Å². The van der Waals surface area contributed by atoms with Crippen LogP contribution in [0.1, 0.15) is 32.1 Å². The highest BCUT2D eigenvalue weighted by Crippen LogP contribution is 2.17. The van der Waals surface area contributed by atoms with Crippen LogP contribution in [0.25, 0.3) is 5.65 Å². The van der Waals surface area contributed by atoms with E-state index in [1.54, 1.807) is 24.4 Å². The third-order valence-corrected chi connectivity index (χ3v) is 5.33. The molecule has 2 aromatic rings. The number of fused-ring (bicyclic) bond motifs is 1. The van der Waals surface area contributed by atoms with Gasteiger partial charge in [0.25, 0.3) is 5.16 Å². The fourth-order valence-corrected chi connectivity index (χ4v) is 3.96. The summed E-state index contributed by atoms with van der Waals surface area (Å²) in [5, 5.41) is 10.1. The maximum Gasteiger partial charge on any atom is 0.254 e. The lowest BCUT2D eigenvalue weighted by molar-refractivity contribution is -0.119. The Kier molecular flexibility index (Phi) is 4.10. The molecule has 118 valence electrons. The lowest BCUT2D eigenvalue weighted by Crippen LogP contribution is -2.39. The van der Waals surface area contributed by atoms with Gasteiger partial charge in [-0.2, -0.15) is 0 Å². The van der Waals surface area contributed by atoms with Crippen molar-refractivity contribution >= 4 is 21.4 Å². The molecule has 0 spiro atoms. The Bertz CT molecular complexity index is 778. The van der Waals surface area contributed by atoms with Crippen molar-refractivity contribution < 1.29 is 13.2 Å². The van der Waals surface area contributed by atoms with Crippen molar-refractivity contribution in [3.8, 4) is 0 Å². The molecule has 7 nitrogen and oxygen atoms in total. The molecule has 2 aromatic heterocycles. The van der Waals surface area contributed by atoms with Crippen molar-refractivity contribution in [1.29, 1.82) is 0 Å². The highest BCUT2D eigenvalue weighted by molar-refractivity contribution is 7.91. The first-order chi connectivity index (χ1) is 10.6. The van der Waals surface area contributed by atoms with E-state index in [0.717, 1.165) is 25.7 Å². The molecule has 22 heavy (non-hydrogen) atoms. The van der Waals surface area contributed by atoms with E-state index in [0.29, 0.717) is 5.65 Å². The normalized spacial score (nSPS) is 16.7. The van der Waals surface area contributed by atoms with Crippen molar-refractivity contribution in [2.24, 2.45) is 0 Å². The van der Waals surface area contributed by atoms with Gasteiger partial charge in [-0.1, -0.05) is 25.3 Å². The lowest BCUT2D eigenvalue weighted by atomic mass is 9.95. The van der Waals surface area contributed by atoms with E-state index in [1.807, 2.05) is 0 Å². The topological polar surface area (TPSA) is 93.4 Å². The summed E-state index contributed by atoms with van der Waals surface area (Å²) < 4.78 is 26.1. The molecule has 0 radical (unpaired) electrons. The van der Waals surface area contributed by atoms with Gasteiger partial charge >= 0.3 is 0 Å². The second-order valence-corrected chi connectivity index (χ2v) is 7.46. The molecular weight excluding hydrogens is 304 g/mol. The van der Waals surface area contributed by atoms with Crippen molar-refractivity contribution in [2.45, 2.75) is 43.3 Å². The second-order valence-electron chi connectivity index (χ2n) is 5.57. The van der Waals surface area contributed by atoms with Crippen LogP contribution in [0, 0.1) is 0 Å². The van der Waals surface area contributed by atoms with Gasteiger partial charge in [0.2, 0.25) is 15.7 Å². The molecule has 0 aliphatic heterocycles. The number of nitrogens with zero attached hydrogens (tertiary/aromatic N) is 3. The van der Waals surface area contributed by atoms with Gasteiger partial charge in [0.1, 0.15) is 5.75 Å². The zero-order valence-corrected chi connectivity index (χ0v) is 12.9. The van der Waals surface area contributed by atoms with Gasteiger partial charge in [0, 0.05) is 12.2 Å². The number of carbonyl (C=O) groups excluding carboxylic acids is 1. The van der Waals surface area contributed by atoms with Crippen molar-refractivity contribution in [3.05, 3.63) is 24.4 Å². The van der Waals surface area contributed by atoms with Gasteiger partial charge in [-0.3, -0.25) is 9.20 Å². The Morgan fingerprint density at radius 3 is 2.77 bits per heavy atom. The Hall–Kier alpha value is -1.96. The molecule has 3 rings (SSSR count). The van der Waals surface area contributed by atoms with Crippen LogP contribution < -0.4 is 5.32 Å². The number of nitrogens with one attached hydrogen (secondary N) is 1. The number of hydrogen-bond acceptors (Lipinski definition) is 5. The number of hydrogen-bond donors (Lipinski definition) is 1. The van der Waals surface area contributed by atoms with Gasteiger partial charge in [-0.25, -0.2) is 8.42 Å². The summed E-state index contributed by atoms with van der Waals surface area (Å²) in [7, 11) is -3.82. The molecule has 1 N–H and O–H groups in total. The lowest BCUT2D eigenvalue weighted by Gasteiger charge is -2.22. The fraction of sp³-hybridized carbons (Fsp3) is 0.500. The SMILES string of the molecule is O=C(CS(=O)(=O)c1nnc2ccccn12)NC1CCCCC1. The molecule has 1 amide bonds. The minimum Gasteiger partial charge on any atom is -0.352 e. The average molecular weight is 322 g/mol. The predicted octanol–water partition coefficient (Wildman–Crippen LogP) is 0.952. The molecule has 1 aliphatic carbocycles. The maximum absolute atomic E-state index is 12.4. The third kappa shape index (κ3) is 3.11. The summed E-state index contributed by atoms with van der Waals surface area (Å²) in [6.45, 7) is 0. The standard InChI is InChI=1S/C14H18N4O3S/c19-13(15-11-6-2-1-3-7-11)10-22(20,21)14-17-16-12-8-4-5-9-18(12)14/h4-5,8-9,11H,1-3,6-7,10H2,(H,15,19). The summed E-state index contributed by atoms with van der Waals surface area (Å²) >= 11 is 0. The molecule has 0 unspecified atom stereocenters. The van der Waals surface area contributed by atoms with Crippen LogP contribution in [0.4, 0.5) is 0 Å². The monoisotopic (exact) mass is 322 g/mol. The van der Waals surface area contributed by atoms with E-state index >= 15 is 0 Å². The minimum atomic E-state index is -3.82. The number of aromatic nitrogens is 3. The fourth-order valence-electron chi connectivity index (χ4n) is 2.78. The smallest absolute Gasteiger partial charge is 0.254 e. The van der Waals surface area contributed by atoms with Gasteiger partial charge in [-0.05, 0) is 25.0 Å².